The molecule has 0 radical (unpaired) electrons. The number of fused-ring (bicyclic) bond motifs is 3. The number of aliphatic hydroxyl groups excluding tert-OH is 1. The monoisotopic (exact) mass is 313 g/mol. The number of aromatic nitrogens is 3. The molecule has 0 atom stereocenters. The molecular formula is C17H23N5O. The number of hydrogen-bond acceptors (Lipinski definition) is 5. The molecule has 6 heteroatoms. The first kappa shape index (κ1) is 15.7. The van der Waals surface area contributed by atoms with E-state index >= 15 is 0 Å². The minimum absolute atomic E-state index is 0.0745. The maximum atomic E-state index is 9.35. The molecule has 0 aliphatic carbocycles. The second-order valence-electron chi connectivity index (χ2n) is 5.68. The summed E-state index contributed by atoms with van der Waals surface area (Å²) in [6.45, 7) is 1.93. The van der Waals surface area contributed by atoms with E-state index in [2.05, 4.69) is 25.9 Å². The Morgan fingerprint density at radius 2 is 2.04 bits per heavy atom. The molecule has 3 aromatic rings. The Hall–Kier alpha value is -2.18. The van der Waals surface area contributed by atoms with Gasteiger partial charge < -0.3 is 20.7 Å². The number of rotatable bonds is 7. The van der Waals surface area contributed by atoms with E-state index in [4.69, 9.17) is 5.73 Å². The van der Waals surface area contributed by atoms with Gasteiger partial charge in [0.05, 0.1) is 17.6 Å². The number of aliphatic hydroxyl groups is 1. The van der Waals surface area contributed by atoms with Crippen molar-refractivity contribution in [2.75, 3.05) is 25.9 Å². The first-order valence-corrected chi connectivity index (χ1v) is 8.05. The molecule has 6 nitrogen and oxygen atoms in total. The Morgan fingerprint density at radius 1 is 1.22 bits per heavy atom. The van der Waals surface area contributed by atoms with Crippen LogP contribution in [0.2, 0.25) is 0 Å². The van der Waals surface area contributed by atoms with Gasteiger partial charge in [0.15, 0.2) is 5.82 Å². The van der Waals surface area contributed by atoms with Crippen LogP contribution in [0.3, 0.4) is 0 Å². The van der Waals surface area contributed by atoms with Crippen LogP contribution in [0.4, 0.5) is 5.82 Å². The lowest BCUT2D eigenvalue weighted by Gasteiger charge is -2.10. The van der Waals surface area contributed by atoms with Gasteiger partial charge in [-0.05, 0) is 32.5 Å². The van der Waals surface area contributed by atoms with E-state index in [0.717, 1.165) is 53.7 Å². The summed E-state index contributed by atoms with van der Waals surface area (Å²) in [6, 6.07) is 7.99. The molecule has 4 N–H and O–H groups in total. The molecule has 2 aromatic heterocycles. The van der Waals surface area contributed by atoms with Crippen LogP contribution >= 0.6 is 0 Å². The highest BCUT2D eigenvalue weighted by molar-refractivity contribution is 6.06. The normalized spacial score (nSPS) is 11.6. The van der Waals surface area contributed by atoms with Gasteiger partial charge in [-0.3, -0.25) is 0 Å². The van der Waals surface area contributed by atoms with Gasteiger partial charge in [-0.25, -0.2) is 9.97 Å². The lowest BCUT2D eigenvalue weighted by molar-refractivity contribution is 0.294. The average molecular weight is 313 g/mol. The van der Waals surface area contributed by atoms with Gasteiger partial charge in [0.25, 0.3) is 0 Å². The highest BCUT2D eigenvalue weighted by Crippen LogP contribution is 2.29. The summed E-state index contributed by atoms with van der Waals surface area (Å²) in [7, 11) is 1.96. The van der Waals surface area contributed by atoms with Crippen LogP contribution < -0.4 is 11.1 Å². The summed E-state index contributed by atoms with van der Waals surface area (Å²) >= 11 is 0. The van der Waals surface area contributed by atoms with Crippen LogP contribution in [0.1, 0.15) is 18.7 Å². The Kier molecular flexibility index (Phi) is 4.73. The van der Waals surface area contributed by atoms with E-state index < -0.39 is 0 Å². The second kappa shape index (κ2) is 6.93. The first-order valence-electron chi connectivity index (χ1n) is 8.05. The Balaban J connectivity index is 2.14. The number of hydrogen-bond donors (Lipinski definition) is 3. The van der Waals surface area contributed by atoms with Crippen LogP contribution in [0, 0.1) is 0 Å². The number of benzene rings is 1. The number of nitrogen functional groups attached to an aromatic ring is 1. The summed E-state index contributed by atoms with van der Waals surface area (Å²) in [5, 5.41) is 13.6. The summed E-state index contributed by atoms with van der Waals surface area (Å²) in [5.74, 6) is 1.32. The summed E-state index contributed by atoms with van der Waals surface area (Å²) in [6.07, 6.45) is 2.66. The van der Waals surface area contributed by atoms with Gasteiger partial charge in [-0.1, -0.05) is 18.2 Å². The number of para-hydroxylation sites is 1. The topological polar surface area (TPSA) is 89.0 Å². The number of nitrogens with zero attached hydrogens (tertiary/aromatic N) is 3. The number of aryl methyl sites for hydroxylation is 1. The maximum absolute atomic E-state index is 9.35. The third-order valence-electron chi connectivity index (χ3n) is 4.08. The van der Waals surface area contributed by atoms with Crippen molar-refractivity contribution in [3.05, 3.63) is 30.1 Å². The van der Waals surface area contributed by atoms with Crippen LogP contribution in [0.5, 0.6) is 0 Å². The molecular weight excluding hydrogens is 290 g/mol. The van der Waals surface area contributed by atoms with Crippen molar-refractivity contribution < 1.29 is 5.11 Å². The first-order chi connectivity index (χ1) is 11.3. The number of anilines is 1. The molecule has 2 heterocycles. The minimum Gasteiger partial charge on any atom is -0.396 e. The van der Waals surface area contributed by atoms with E-state index in [1.54, 1.807) is 0 Å². The van der Waals surface area contributed by atoms with Crippen molar-refractivity contribution in [2.45, 2.75) is 25.8 Å². The van der Waals surface area contributed by atoms with Gasteiger partial charge in [-0.15, -0.1) is 0 Å². The van der Waals surface area contributed by atoms with Crippen molar-refractivity contribution in [1.82, 2.24) is 19.9 Å². The SMILES string of the molecule is CNCCCCn1c(CCO)nc2c(N)nc3ccccc3c21. The quantitative estimate of drug-likeness (QED) is 0.578. The van der Waals surface area contributed by atoms with Crippen LogP contribution in [0.15, 0.2) is 24.3 Å². The molecule has 0 unspecified atom stereocenters. The van der Waals surface area contributed by atoms with Crippen molar-refractivity contribution in [2.24, 2.45) is 0 Å². The number of imidazole rings is 1. The fraction of sp³-hybridized carbons (Fsp3) is 0.412. The molecule has 0 saturated carbocycles. The van der Waals surface area contributed by atoms with Crippen LogP contribution in [-0.4, -0.2) is 39.8 Å². The molecule has 0 bridgehead atoms. The Morgan fingerprint density at radius 3 is 2.83 bits per heavy atom. The highest BCUT2D eigenvalue weighted by Gasteiger charge is 2.16. The largest absolute Gasteiger partial charge is 0.396 e. The number of unbranched alkanes of at least 4 members (excludes halogenated alkanes) is 1. The average Bonchev–Trinajstić information content (AvgIpc) is 2.92. The van der Waals surface area contributed by atoms with E-state index in [-0.39, 0.29) is 6.61 Å². The third kappa shape index (κ3) is 3.00. The van der Waals surface area contributed by atoms with E-state index in [0.29, 0.717) is 12.2 Å². The van der Waals surface area contributed by atoms with Crippen molar-refractivity contribution in [1.29, 1.82) is 0 Å². The van der Waals surface area contributed by atoms with Crippen LogP contribution in [-0.2, 0) is 13.0 Å². The molecule has 0 saturated heterocycles. The van der Waals surface area contributed by atoms with E-state index in [1.807, 2.05) is 25.2 Å². The lowest BCUT2D eigenvalue weighted by Crippen LogP contribution is -2.10. The number of nitrogens with two attached hydrogens (primary N) is 1. The zero-order valence-corrected chi connectivity index (χ0v) is 13.4. The summed E-state index contributed by atoms with van der Waals surface area (Å²) in [4.78, 5) is 9.11. The summed E-state index contributed by atoms with van der Waals surface area (Å²) in [5.41, 5.74) is 8.76. The molecule has 0 fully saturated rings. The van der Waals surface area contributed by atoms with Gasteiger partial charge in [0.1, 0.15) is 11.3 Å². The molecule has 23 heavy (non-hydrogen) atoms. The smallest absolute Gasteiger partial charge is 0.152 e. The standard InChI is InChI=1S/C17H23N5O/c1-19-9-4-5-10-22-14(8-11-23)21-15-16(22)12-6-2-3-7-13(12)20-17(15)18/h2-3,6-7,19,23H,4-5,8-11H2,1H3,(H2,18,20). The third-order valence-corrected chi connectivity index (χ3v) is 4.08. The van der Waals surface area contributed by atoms with Crippen molar-refractivity contribution in [3.63, 3.8) is 0 Å². The fourth-order valence-corrected chi connectivity index (χ4v) is 3.01. The summed E-state index contributed by atoms with van der Waals surface area (Å²) < 4.78 is 2.20. The number of nitrogens with one attached hydrogen (secondary N) is 1. The minimum atomic E-state index is 0.0745. The van der Waals surface area contributed by atoms with Crippen molar-refractivity contribution in [3.8, 4) is 0 Å². The van der Waals surface area contributed by atoms with E-state index in [1.165, 1.54) is 0 Å². The molecule has 3 rings (SSSR count). The second-order valence-corrected chi connectivity index (χ2v) is 5.68. The van der Waals surface area contributed by atoms with Crippen molar-refractivity contribution >= 4 is 27.8 Å². The van der Waals surface area contributed by atoms with Gasteiger partial charge in [0, 0.05) is 18.4 Å². The zero-order chi connectivity index (χ0) is 16.2. The number of pyridine rings is 1. The van der Waals surface area contributed by atoms with Crippen LogP contribution in [0.25, 0.3) is 21.9 Å². The molecule has 0 spiro atoms. The van der Waals surface area contributed by atoms with E-state index in [9.17, 15) is 5.11 Å². The van der Waals surface area contributed by atoms with Gasteiger partial charge in [-0.2, -0.15) is 0 Å². The molecule has 1 aromatic carbocycles. The fourth-order valence-electron chi connectivity index (χ4n) is 3.01. The Bertz CT molecular complexity index is 811. The Labute approximate surface area is 135 Å². The predicted molar refractivity (Wildman–Crippen MR) is 93.4 cm³/mol. The van der Waals surface area contributed by atoms with Gasteiger partial charge >= 0.3 is 0 Å². The molecule has 0 amide bonds. The molecule has 122 valence electrons. The maximum Gasteiger partial charge on any atom is 0.152 e. The molecule has 0 aliphatic heterocycles. The highest BCUT2D eigenvalue weighted by atomic mass is 16.3. The predicted octanol–water partition coefficient (Wildman–Crippen LogP) is 1.70. The lowest BCUT2D eigenvalue weighted by atomic mass is 10.2. The molecule has 0 aliphatic rings. The zero-order valence-electron chi connectivity index (χ0n) is 13.4. The van der Waals surface area contributed by atoms with Gasteiger partial charge in [0.2, 0.25) is 0 Å².